The number of hydrogen-bond acceptors (Lipinski definition) is 2. The zero-order chi connectivity index (χ0) is 18.5. The van der Waals surface area contributed by atoms with E-state index < -0.39 is 6.09 Å². The van der Waals surface area contributed by atoms with Crippen molar-refractivity contribution in [2.24, 2.45) is 7.05 Å². The van der Waals surface area contributed by atoms with Gasteiger partial charge >= 0.3 is 6.09 Å². The van der Waals surface area contributed by atoms with Gasteiger partial charge in [0.1, 0.15) is 6.61 Å². The van der Waals surface area contributed by atoms with E-state index in [0.717, 1.165) is 28.1 Å². The highest BCUT2D eigenvalue weighted by Gasteiger charge is 2.17. The number of amides is 1. The first-order valence-corrected chi connectivity index (χ1v) is 8.79. The maximum absolute atomic E-state index is 11.9. The molecule has 0 aliphatic heterocycles. The van der Waals surface area contributed by atoms with Gasteiger partial charge in [-0.15, -0.1) is 0 Å². The van der Waals surface area contributed by atoms with Crippen LogP contribution in [0.15, 0.2) is 66.7 Å². The quantitative estimate of drug-likeness (QED) is 0.705. The van der Waals surface area contributed by atoms with Crippen molar-refractivity contribution < 1.29 is 9.53 Å². The SMILES string of the molecule is CC(C)NC(=O)OCc1cc(-c2ccccc2)n(C)c1-c1ccccc1. The number of benzene rings is 2. The van der Waals surface area contributed by atoms with Crippen molar-refractivity contribution in [3.63, 3.8) is 0 Å². The van der Waals surface area contributed by atoms with Crippen LogP contribution < -0.4 is 5.32 Å². The van der Waals surface area contributed by atoms with Crippen molar-refractivity contribution >= 4 is 6.09 Å². The molecule has 0 saturated heterocycles. The number of carbonyl (C=O) groups excluding carboxylic acids is 1. The monoisotopic (exact) mass is 348 g/mol. The molecular weight excluding hydrogens is 324 g/mol. The van der Waals surface area contributed by atoms with Gasteiger partial charge in [0.25, 0.3) is 0 Å². The van der Waals surface area contributed by atoms with Crippen LogP contribution in [0, 0.1) is 0 Å². The van der Waals surface area contributed by atoms with Crippen molar-refractivity contribution in [2.75, 3.05) is 0 Å². The average Bonchev–Trinajstić information content (AvgIpc) is 2.97. The van der Waals surface area contributed by atoms with Crippen molar-refractivity contribution in [2.45, 2.75) is 26.5 Å². The van der Waals surface area contributed by atoms with Crippen LogP contribution >= 0.6 is 0 Å². The first kappa shape index (κ1) is 17.8. The first-order valence-electron chi connectivity index (χ1n) is 8.79. The van der Waals surface area contributed by atoms with Gasteiger partial charge in [-0.25, -0.2) is 4.79 Å². The lowest BCUT2D eigenvalue weighted by Gasteiger charge is -2.12. The second-order valence-electron chi connectivity index (χ2n) is 6.57. The number of nitrogens with one attached hydrogen (secondary N) is 1. The number of carbonyl (C=O) groups is 1. The number of ether oxygens (including phenoxy) is 1. The lowest BCUT2D eigenvalue weighted by Crippen LogP contribution is -2.30. The summed E-state index contributed by atoms with van der Waals surface area (Å²) in [7, 11) is 2.04. The van der Waals surface area contributed by atoms with Crippen LogP contribution in [0.25, 0.3) is 22.5 Å². The van der Waals surface area contributed by atoms with E-state index in [1.165, 1.54) is 0 Å². The summed E-state index contributed by atoms with van der Waals surface area (Å²) in [5, 5.41) is 2.76. The third-order valence-electron chi connectivity index (χ3n) is 4.19. The molecule has 0 fully saturated rings. The fraction of sp³-hybridized carbons (Fsp3) is 0.227. The minimum atomic E-state index is -0.399. The molecule has 4 heteroatoms. The lowest BCUT2D eigenvalue weighted by atomic mass is 10.1. The number of nitrogens with zero attached hydrogens (tertiary/aromatic N) is 1. The van der Waals surface area contributed by atoms with Gasteiger partial charge in [0, 0.05) is 24.3 Å². The second-order valence-corrected chi connectivity index (χ2v) is 6.57. The van der Waals surface area contributed by atoms with Crippen LogP contribution in [0.2, 0.25) is 0 Å². The van der Waals surface area contributed by atoms with E-state index in [1.807, 2.05) is 57.3 Å². The number of hydrogen-bond donors (Lipinski definition) is 1. The number of aromatic nitrogens is 1. The van der Waals surface area contributed by atoms with Gasteiger partial charge in [0.2, 0.25) is 0 Å². The predicted molar refractivity (Wildman–Crippen MR) is 105 cm³/mol. The molecule has 1 heterocycles. The third kappa shape index (κ3) is 3.97. The molecule has 26 heavy (non-hydrogen) atoms. The largest absolute Gasteiger partial charge is 0.445 e. The van der Waals surface area contributed by atoms with E-state index in [0.29, 0.717) is 0 Å². The van der Waals surface area contributed by atoms with Crippen LogP contribution in [-0.4, -0.2) is 16.7 Å². The Balaban J connectivity index is 1.98. The van der Waals surface area contributed by atoms with Gasteiger partial charge in [-0.2, -0.15) is 0 Å². The lowest BCUT2D eigenvalue weighted by molar-refractivity contribution is 0.137. The summed E-state index contributed by atoms with van der Waals surface area (Å²) in [6, 6.07) is 22.5. The third-order valence-corrected chi connectivity index (χ3v) is 4.19. The smallest absolute Gasteiger partial charge is 0.407 e. The Kier molecular flexibility index (Phi) is 5.42. The van der Waals surface area contributed by atoms with Crippen LogP contribution in [0.5, 0.6) is 0 Å². The average molecular weight is 348 g/mol. The van der Waals surface area contributed by atoms with Crippen molar-refractivity contribution in [1.82, 2.24) is 9.88 Å². The topological polar surface area (TPSA) is 43.3 Å². The molecule has 0 radical (unpaired) electrons. The van der Waals surface area contributed by atoms with E-state index in [4.69, 9.17) is 4.74 Å². The van der Waals surface area contributed by atoms with E-state index >= 15 is 0 Å². The molecule has 3 aromatic rings. The van der Waals surface area contributed by atoms with Crippen LogP contribution in [0.3, 0.4) is 0 Å². The summed E-state index contributed by atoms with van der Waals surface area (Å²) in [6.45, 7) is 4.04. The maximum atomic E-state index is 11.9. The Bertz CT molecular complexity index is 868. The molecule has 1 N–H and O–H groups in total. The Labute approximate surface area is 154 Å². The van der Waals surface area contributed by atoms with Crippen LogP contribution in [0.4, 0.5) is 4.79 Å². The predicted octanol–water partition coefficient (Wildman–Crippen LogP) is 4.99. The number of alkyl carbamates (subject to hydrolysis) is 1. The molecule has 1 amide bonds. The molecule has 2 aromatic carbocycles. The molecule has 0 spiro atoms. The molecule has 3 rings (SSSR count). The van der Waals surface area contributed by atoms with E-state index in [9.17, 15) is 4.79 Å². The van der Waals surface area contributed by atoms with Crippen molar-refractivity contribution in [3.05, 3.63) is 72.3 Å². The Hall–Kier alpha value is -3.01. The summed E-state index contributed by atoms with van der Waals surface area (Å²) in [5.41, 5.74) is 5.36. The standard InChI is InChI=1S/C22H24N2O2/c1-16(2)23-22(25)26-15-19-14-20(17-10-6-4-7-11-17)24(3)21(19)18-12-8-5-9-13-18/h4-14,16H,15H2,1-3H3,(H,23,25). The molecule has 0 aliphatic carbocycles. The minimum absolute atomic E-state index is 0.0479. The molecule has 0 atom stereocenters. The number of rotatable bonds is 5. The summed E-state index contributed by atoms with van der Waals surface area (Å²) >= 11 is 0. The molecular formula is C22H24N2O2. The highest BCUT2D eigenvalue weighted by molar-refractivity contribution is 5.74. The van der Waals surface area contributed by atoms with Gasteiger partial charge in [-0.05, 0) is 31.0 Å². The zero-order valence-electron chi connectivity index (χ0n) is 15.4. The second kappa shape index (κ2) is 7.91. The van der Waals surface area contributed by atoms with E-state index in [2.05, 4.69) is 40.2 Å². The van der Waals surface area contributed by atoms with Crippen molar-refractivity contribution in [1.29, 1.82) is 0 Å². The summed E-state index contributed by atoms with van der Waals surface area (Å²) in [6.07, 6.45) is -0.399. The minimum Gasteiger partial charge on any atom is -0.445 e. The van der Waals surface area contributed by atoms with Gasteiger partial charge in [-0.1, -0.05) is 60.7 Å². The first-order chi connectivity index (χ1) is 12.6. The molecule has 1 aromatic heterocycles. The molecule has 4 nitrogen and oxygen atoms in total. The molecule has 0 aliphatic rings. The van der Waals surface area contributed by atoms with Gasteiger partial charge in [-0.3, -0.25) is 0 Å². The normalized spacial score (nSPS) is 10.8. The van der Waals surface area contributed by atoms with Crippen LogP contribution in [0.1, 0.15) is 19.4 Å². The highest BCUT2D eigenvalue weighted by Crippen LogP contribution is 2.32. The summed E-state index contributed by atoms with van der Waals surface area (Å²) in [4.78, 5) is 11.9. The Morgan fingerprint density at radius 3 is 2.15 bits per heavy atom. The fourth-order valence-electron chi connectivity index (χ4n) is 3.06. The summed E-state index contributed by atoms with van der Waals surface area (Å²) in [5.74, 6) is 0. The van der Waals surface area contributed by atoms with E-state index in [-0.39, 0.29) is 12.6 Å². The highest BCUT2D eigenvalue weighted by atomic mass is 16.5. The van der Waals surface area contributed by atoms with E-state index in [1.54, 1.807) is 0 Å². The molecule has 0 unspecified atom stereocenters. The van der Waals surface area contributed by atoms with Gasteiger partial charge in [0.15, 0.2) is 0 Å². The van der Waals surface area contributed by atoms with Gasteiger partial charge in [0.05, 0.1) is 5.69 Å². The zero-order valence-corrected chi connectivity index (χ0v) is 15.4. The molecule has 134 valence electrons. The molecule has 0 bridgehead atoms. The summed E-state index contributed by atoms with van der Waals surface area (Å²) < 4.78 is 7.60. The molecule has 0 saturated carbocycles. The van der Waals surface area contributed by atoms with Crippen molar-refractivity contribution in [3.8, 4) is 22.5 Å². The van der Waals surface area contributed by atoms with Crippen LogP contribution in [-0.2, 0) is 18.4 Å². The van der Waals surface area contributed by atoms with Gasteiger partial charge < -0.3 is 14.6 Å². The Morgan fingerprint density at radius 1 is 1.00 bits per heavy atom. The Morgan fingerprint density at radius 2 is 1.58 bits per heavy atom. The maximum Gasteiger partial charge on any atom is 0.407 e. The fourth-order valence-corrected chi connectivity index (χ4v) is 3.06.